The standard InChI is InChI=1S/C25H32F2N4O3.2ClH/c1-34-21-13-20(29-22(28)14-21)16-31-11-8-19(9-12-31)30-23(32)25(33,17-5-3-2-4-6-17)18-7-10-24(26,27)15-18;;/h2-6,13-14,18-19,33H,7-12,15-16H2,1H3,(H2,28,29)(H,30,32);2*1H/t18-,25+;;/m1../s1. The van der Waals surface area contributed by atoms with Gasteiger partial charge in [-0.1, -0.05) is 30.3 Å². The number of halogens is 4. The Balaban J connectivity index is 0.00000228. The van der Waals surface area contributed by atoms with E-state index in [9.17, 15) is 18.7 Å². The summed E-state index contributed by atoms with van der Waals surface area (Å²) in [5.41, 5.74) is 5.02. The average Bonchev–Trinajstić information content (AvgIpc) is 3.20. The molecule has 11 heteroatoms. The van der Waals surface area contributed by atoms with Gasteiger partial charge in [-0.15, -0.1) is 24.8 Å². The van der Waals surface area contributed by atoms with Crippen molar-refractivity contribution in [3.05, 3.63) is 53.7 Å². The number of rotatable bonds is 7. The predicted octanol–water partition coefficient (Wildman–Crippen LogP) is 3.92. The lowest BCUT2D eigenvalue weighted by molar-refractivity contribution is -0.149. The van der Waals surface area contributed by atoms with Gasteiger partial charge in [0.05, 0.1) is 12.8 Å². The molecule has 0 radical (unpaired) electrons. The number of anilines is 1. The largest absolute Gasteiger partial charge is 0.497 e. The van der Waals surface area contributed by atoms with Crippen molar-refractivity contribution in [3.63, 3.8) is 0 Å². The number of hydrogen-bond donors (Lipinski definition) is 3. The van der Waals surface area contributed by atoms with E-state index in [0.29, 0.717) is 36.5 Å². The van der Waals surface area contributed by atoms with Crippen LogP contribution in [-0.2, 0) is 16.9 Å². The molecule has 0 unspecified atom stereocenters. The van der Waals surface area contributed by atoms with Crippen molar-refractivity contribution < 1.29 is 23.4 Å². The smallest absolute Gasteiger partial charge is 0.257 e. The molecule has 4 rings (SSSR count). The van der Waals surface area contributed by atoms with Gasteiger partial charge < -0.3 is 20.9 Å². The first-order valence-corrected chi connectivity index (χ1v) is 11.7. The van der Waals surface area contributed by atoms with Crippen LogP contribution in [0.25, 0.3) is 0 Å². The first-order chi connectivity index (χ1) is 16.2. The Hall–Kier alpha value is -2.20. The molecule has 2 aliphatic rings. The van der Waals surface area contributed by atoms with Crippen LogP contribution in [0.5, 0.6) is 5.75 Å². The van der Waals surface area contributed by atoms with E-state index in [4.69, 9.17) is 10.5 Å². The van der Waals surface area contributed by atoms with Crippen LogP contribution in [-0.4, -0.2) is 53.1 Å². The normalized spacial score (nSPS) is 21.5. The number of nitrogens with two attached hydrogens (primary N) is 1. The zero-order valence-corrected chi connectivity index (χ0v) is 21.8. The number of likely N-dealkylation sites (tertiary alicyclic amines) is 1. The van der Waals surface area contributed by atoms with Gasteiger partial charge in [-0.3, -0.25) is 9.69 Å². The number of piperidine rings is 1. The molecule has 0 spiro atoms. The number of nitrogen functional groups attached to an aromatic ring is 1. The quantitative estimate of drug-likeness (QED) is 0.486. The Morgan fingerprint density at radius 2 is 1.89 bits per heavy atom. The molecule has 7 nitrogen and oxygen atoms in total. The number of benzene rings is 1. The molecule has 1 amide bonds. The van der Waals surface area contributed by atoms with Crippen molar-refractivity contribution in [2.45, 2.75) is 56.2 Å². The van der Waals surface area contributed by atoms with Crippen LogP contribution in [0.4, 0.5) is 14.6 Å². The van der Waals surface area contributed by atoms with Crippen molar-refractivity contribution >= 4 is 36.5 Å². The van der Waals surface area contributed by atoms with E-state index in [0.717, 1.165) is 18.8 Å². The minimum Gasteiger partial charge on any atom is -0.497 e. The Morgan fingerprint density at radius 3 is 2.47 bits per heavy atom. The average molecular weight is 547 g/mol. The zero-order chi connectivity index (χ0) is 24.3. The second-order valence-electron chi connectivity index (χ2n) is 9.38. The summed E-state index contributed by atoms with van der Waals surface area (Å²) >= 11 is 0. The lowest BCUT2D eigenvalue weighted by Gasteiger charge is -2.37. The summed E-state index contributed by atoms with van der Waals surface area (Å²) in [5, 5.41) is 14.5. The summed E-state index contributed by atoms with van der Waals surface area (Å²) in [4.78, 5) is 19.9. The van der Waals surface area contributed by atoms with E-state index >= 15 is 0 Å². The number of methoxy groups -OCH3 is 1. The summed E-state index contributed by atoms with van der Waals surface area (Å²) in [7, 11) is 1.58. The number of nitrogens with one attached hydrogen (secondary N) is 1. The van der Waals surface area contributed by atoms with Gasteiger partial charge in [0.2, 0.25) is 5.92 Å². The van der Waals surface area contributed by atoms with Gasteiger partial charge in [-0.2, -0.15) is 0 Å². The maximum absolute atomic E-state index is 14.0. The zero-order valence-electron chi connectivity index (χ0n) is 20.2. The number of ether oxygens (including phenoxy) is 1. The number of amides is 1. The first-order valence-electron chi connectivity index (χ1n) is 11.7. The van der Waals surface area contributed by atoms with Crippen LogP contribution in [0.2, 0.25) is 0 Å². The van der Waals surface area contributed by atoms with Crippen LogP contribution in [0.3, 0.4) is 0 Å². The second-order valence-corrected chi connectivity index (χ2v) is 9.38. The molecular weight excluding hydrogens is 513 g/mol. The van der Waals surface area contributed by atoms with E-state index in [2.05, 4.69) is 15.2 Å². The molecule has 200 valence electrons. The van der Waals surface area contributed by atoms with Crippen LogP contribution in [0.15, 0.2) is 42.5 Å². The highest BCUT2D eigenvalue weighted by Gasteiger charge is 2.53. The summed E-state index contributed by atoms with van der Waals surface area (Å²) < 4.78 is 33.2. The monoisotopic (exact) mass is 546 g/mol. The first kappa shape index (κ1) is 30.0. The third-order valence-corrected chi connectivity index (χ3v) is 6.97. The lowest BCUT2D eigenvalue weighted by Crippen LogP contribution is -2.54. The van der Waals surface area contributed by atoms with E-state index in [1.807, 2.05) is 6.07 Å². The minimum atomic E-state index is -2.86. The van der Waals surface area contributed by atoms with Crippen molar-refractivity contribution in [2.75, 3.05) is 25.9 Å². The van der Waals surface area contributed by atoms with Gasteiger partial charge in [0.25, 0.3) is 5.91 Å². The third kappa shape index (κ3) is 6.76. The fraction of sp³-hybridized carbons (Fsp3) is 0.520. The lowest BCUT2D eigenvalue weighted by atomic mass is 9.79. The van der Waals surface area contributed by atoms with Gasteiger partial charge in [-0.25, -0.2) is 13.8 Å². The molecule has 2 heterocycles. The molecule has 1 saturated carbocycles. The Bertz CT molecular complexity index is 1010. The van der Waals surface area contributed by atoms with E-state index in [-0.39, 0.29) is 43.7 Å². The highest BCUT2D eigenvalue weighted by atomic mass is 35.5. The van der Waals surface area contributed by atoms with Crippen molar-refractivity contribution in [2.24, 2.45) is 5.92 Å². The maximum atomic E-state index is 14.0. The topological polar surface area (TPSA) is 101 Å². The third-order valence-electron chi connectivity index (χ3n) is 6.97. The second kappa shape index (κ2) is 12.4. The van der Waals surface area contributed by atoms with Crippen molar-refractivity contribution in [1.82, 2.24) is 15.2 Å². The van der Waals surface area contributed by atoms with Gasteiger partial charge in [-0.05, 0) is 24.8 Å². The van der Waals surface area contributed by atoms with Gasteiger partial charge in [0.1, 0.15) is 11.6 Å². The van der Waals surface area contributed by atoms with Gasteiger partial charge in [0, 0.05) is 56.6 Å². The predicted molar refractivity (Wildman–Crippen MR) is 139 cm³/mol. The number of carbonyl (C=O) groups excluding carboxylic acids is 1. The fourth-order valence-corrected chi connectivity index (χ4v) is 5.09. The van der Waals surface area contributed by atoms with E-state index < -0.39 is 29.8 Å². The summed E-state index contributed by atoms with van der Waals surface area (Å²) in [5.74, 6) is -3.25. The number of hydrogen-bond acceptors (Lipinski definition) is 6. The molecule has 4 N–H and O–H groups in total. The summed E-state index contributed by atoms with van der Waals surface area (Å²) in [6.07, 6.45) is 0.636. The molecule has 36 heavy (non-hydrogen) atoms. The molecule has 1 aromatic carbocycles. The number of nitrogens with zero attached hydrogens (tertiary/aromatic N) is 2. The number of aliphatic hydroxyl groups is 1. The molecule has 0 bridgehead atoms. The van der Waals surface area contributed by atoms with E-state index in [1.165, 1.54) is 0 Å². The minimum absolute atomic E-state index is 0. The Kier molecular flexibility index (Phi) is 10.3. The Labute approximate surface area is 222 Å². The highest BCUT2D eigenvalue weighted by molar-refractivity contribution is 5.87. The van der Waals surface area contributed by atoms with Crippen LogP contribution < -0.4 is 15.8 Å². The van der Waals surface area contributed by atoms with Crippen LogP contribution in [0, 0.1) is 5.92 Å². The molecule has 2 atom stereocenters. The highest BCUT2D eigenvalue weighted by Crippen LogP contribution is 2.47. The maximum Gasteiger partial charge on any atom is 0.257 e. The van der Waals surface area contributed by atoms with Crippen LogP contribution >= 0.6 is 24.8 Å². The number of carbonyl (C=O) groups is 1. The Morgan fingerprint density at radius 1 is 1.22 bits per heavy atom. The molecule has 1 aliphatic heterocycles. The molecule has 1 saturated heterocycles. The fourth-order valence-electron chi connectivity index (χ4n) is 5.09. The molecular formula is C25H34Cl2F2N4O3. The van der Waals surface area contributed by atoms with Crippen molar-refractivity contribution in [3.8, 4) is 5.75 Å². The molecule has 2 fully saturated rings. The van der Waals surface area contributed by atoms with Gasteiger partial charge in [0.15, 0.2) is 5.60 Å². The number of pyridine rings is 1. The summed E-state index contributed by atoms with van der Waals surface area (Å²) in [6, 6.07) is 11.8. The number of alkyl halides is 2. The van der Waals surface area contributed by atoms with E-state index in [1.54, 1.807) is 43.5 Å². The SMILES string of the molecule is COc1cc(N)nc(CN2CCC(NC(=O)[C@](O)(c3ccccc3)[C@@H]3CCC(F)(F)C3)CC2)c1.Cl.Cl. The molecule has 2 aromatic rings. The van der Waals surface area contributed by atoms with Gasteiger partial charge >= 0.3 is 0 Å². The number of aromatic nitrogens is 1. The molecule has 1 aliphatic carbocycles. The van der Waals surface area contributed by atoms with Crippen LogP contribution in [0.1, 0.15) is 43.4 Å². The molecule has 1 aromatic heterocycles. The summed E-state index contributed by atoms with van der Waals surface area (Å²) in [6.45, 7) is 2.04. The van der Waals surface area contributed by atoms with Crippen molar-refractivity contribution in [1.29, 1.82) is 0 Å².